The summed E-state index contributed by atoms with van der Waals surface area (Å²) in [5.41, 5.74) is 0. The lowest BCUT2D eigenvalue weighted by Gasteiger charge is -2.40. The predicted molar refractivity (Wildman–Crippen MR) is 70.2 cm³/mol. The Kier molecular flexibility index (Phi) is 6.53. The summed E-state index contributed by atoms with van der Waals surface area (Å²) < 4.78 is 33.9. The summed E-state index contributed by atoms with van der Waals surface area (Å²) in [7, 11) is 1.16. The van der Waals surface area contributed by atoms with Gasteiger partial charge in [0.15, 0.2) is 23.4 Å². The van der Waals surface area contributed by atoms with Gasteiger partial charge in [0.1, 0.15) is 6.10 Å². The van der Waals surface area contributed by atoms with Gasteiger partial charge >= 0.3 is 17.9 Å². The van der Waals surface area contributed by atoms with E-state index in [-0.39, 0.29) is 6.42 Å². The van der Waals surface area contributed by atoms with Gasteiger partial charge in [-0.2, -0.15) is 0 Å². The third kappa shape index (κ3) is 4.92. The molecule has 21 heavy (non-hydrogen) atoms. The standard InChI is InChI=1S/C12H16BrFO7/c1-5(15)19-10-9(14)7(4-8(17)18-3)21-12(13)11(10)20-6(2)16/h7,9-12H,4H2,1-3H3/t7-,9+,10+,11-,12?/m1/s1. The van der Waals surface area contributed by atoms with Crippen LogP contribution in [0.4, 0.5) is 4.39 Å². The van der Waals surface area contributed by atoms with Gasteiger partial charge < -0.3 is 18.9 Å². The molecule has 9 heteroatoms. The molecule has 1 rings (SSSR count). The Morgan fingerprint density at radius 1 is 1.14 bits per heavy atom. The van der Waals surface area contributed by atoms with Crippen LogP contribution in [0.25, 0.3) is 0 Å². The minimum atomic E-state index is -1.84. The van der Waals surface area contributed by atoms with Gasteiger partial charge in [-0.05, 0) is 0 Å². The molecule has 0 saturated carbocycles. The summed E-state index contributed by atoms with van der Waals surface area (Å²) >= 11 is 3.08. The fourth-order valence-electron chi connectivity index (χ4n) is 1.91. The second kappa shape index (κ2) is 7.69. The Morgan fingerprint density at radius 2 is 1.67 bits per heavy atom. The van der Waals surface area contributed by atoms with Gasteiger partial charge in [-0.1, -0.05) is 15.9 Å². The molecule has 1 aliphatic rings. The molecule has 1 fully saturated rings. The van der Waals surface area contributed by atoms with Crippen molar-refractivity contribution in [3.8, 4) is 0 Å². The molecule has 0 aromatic carbocycles. The van der Waals surface area contributed by atoms with E-state index in [1.807, 2.05) is 0 Å². The molecule has 120 valence electrons. The number of hydrogen-bond donors (Lipinski definition) is 0. The Bertz CT molecular complexity index is 416. The van der Waals surface area contributed by atoms with Crippen molar-refractivity contribution in [2.75, 3.05) is 7.11 Å². The molecule has 0 bridgehead atoms. The lowest BCUT2D eigenvalue weighted by molar-refractivity contribution is -0.212. The van der Waals surface area contributed by atoms with E-state index in [0.717, 1.165) is 21.0 Å². The van der Waals surface area contributed by atoms with Gasteiger partial charge in [0.25, 0.3) is 0 Å². The molecular formula is C12H16BrFO7. The van der Waals surface area contributed by atoms with E-state index in [9.17, 15) is 18.8 Å². The molecular weight excluding hydrogens is 355 g/mol. The third-order valence-corrected chi connectivity index (χ3v) is 3.49. The first-order valence-corrected chi connectivity index (χ1v) is 7.02. The van der Waals surface area contributed by atoms with Crippen molar-refractivity contribution in [2.24, 2.45) is 0 Å². The zero-order chi connectivity index (χ0) is 16.2. The second-order valence-corrected chi connectivity index (χ2v) is 5.30. The number of rotatable bonds is 4. The molecule has 0 radical (unpaired) electrons. The fraction of sp³-hybridized carbons (Fsp3) is 0.750. The highest BCUT2D eigenvalue weighted by atomic mass is 79.9. The van der Waals surface area contributed by atoms with Crippen LogP contribution in [0.5, 0.6) is 0 Å². The Morgan fingerprint density at radius 3 is 2.14 bits per heavy atom. The van der Waals surface area contributed by atoms with Crippen LogP contribution in [-0.2, 0) is 33.3 Å². The van der Waals surface area contributed by atoms with Crippen molar-refractivity contribution >= 4 is 33.8 Å². The number of alkyl halides is 2. The molecule has 1 heterocycles. The highest BCUT2D eigenvalue weighted by Crippen LogP contribution is 2.32. The third-order valence-electron chi connectivity index (χ3n) is 2.76. The number of hydrogen-bond acceptors (Lipinski definition) is 7. The minimum absolute atomic E-state index is 0.357. The zero-order valence-corrected chi connectivity index (χ0v) is 13.3. The summed E-state index contributed by atoms with van der Waals surface area (Å²) in [6, 6.07) is 0. The smallest absolute Gasteiger partial charge is 0.308 e. The number of halogens is 2. The van der Waals surface area contributed by atoms with Gasteiger partial charge in [0.05, 0.1) is 13.5 Å². The van der Waals surface area contributed by atoms with Crippen LogP contribution in [-0.4, -0.2) is 54.5 Å². The first kappa shape index (κ1) is 17.8. The zero-order valence-electron chi connectivity index (χ0n) is 11.7. The van der Waals surface area contributed by atoms with Crippen molar-refractivity contribution in [2.45, 2.75) is 49.8 Å². The maximum Gasteiger partial charge on any atom is 0.308 e. The van der Waals surface area contributed by atoms with Crippen molar-refractivity contribution in [1.82, 2.24) is 0 Å². The van der Waals surface area contributed by atoms with Gasteiger partial charge in [0.2, 0.25) is 0 Å². The van der Waals surface area contributed by atoms with E-state index in [0.29, 0.717) is 0 Å². The first-order chi connectivity index (χ1) is 9.76. The normalized spacial score (nSPS) is 32.1. The quantitative estimate of drug-likeness (QED) is 0.412. The number of carbonyl (C=O) groups is 3. The SMILES string of the molecule is COC(=O)C[C@H]1OC(Br)[C@H](OC(C)=O)[C@@H](OC(C)=O)[C@H]1F. The molecule has 1 aliphatic heterocycles. The maximum absolute atomic E-state index is 14.4. The van der Waals surface area contributed by atoms with E-state index in [4.69, 9.17) is 14.2 Å². The van der Waals surface area contributed by atoms with Crippen molar-refractivity contribution in [3.63, 3.8) is 0 Å². The van der Waals surface area contributed by atoms with Crippen LogP contribution in [0.15, 0.2) is 0 Å². The average Bonchev–Trinajstić information content (AvgIpc) is 2.38. The number of esters is 3. The van der Waals surface area contributed by atoms with Crippen LogP contribution in [0.1, 0.15) is 20.3 Å². The van der Waals surface area contributed by atoms with E-state index >= 15 is 0 Å². The van der Waals surface area contributed by atoms with E-state index in [2.05, 4.69) is 20.7 Å². The number of carbonyl (C=O) groups excluding carboxylic acids is 3. The lowest BCUT2D eigenvalue weighted by atomic mass is 9.98. The lowest BCUT2D eigenvalue weighted by Crippen LogP contribution is -2.57. The second-order valence-electron chi connectivity index (χ2n) is 4.40. The Labute approximate surface area is 129 Å². The molecule has 0 spiro atoms. The molecule has 0 aromatic heterocycles. The Balaban J connectivity index is 2.92. The van der Waals surface area contributed by atoms with E-state index < -0.39 is 47.4 Å². The number of methoxy groups -OCH3 is 1. The highest BCUT2D eigenvalue weighted by Gasteiger charge is 2.50. The largest absolute Gasteiger partial charge is 0.469 e. The predicted octanol–water partition coefficient (Wildman–Crippen LogP) is 0.871. The van der Waals surface area contributed by atoms with Gasteiger partial charge in [-0.3, -0.25) is 14.4 Å². The summed E-state index contributed by atoms with van der Waals surface area (Å²) in [6.07, 6.45) is -5.91. The van der Waals surface area contributed by atoms with Crippen molar-refractivity contribution < 1.29 is 37.7 Å². The van der Waals surface area contributed by atoms with Gasteiger partial charge in [-0.25, -0.2) is 4.39 Å². The van der Waals surface area contributed by atoms with E-state index in [1.54, 1.807) is 0 Å². The number of ether oxygens (including phenoxy) is 4. The summed E-state index contributed by atoms with van der Waals surface area (Å²) in [5.74, 6) is -2.09. The van der Waals surface area contributed by atoms with E-state index in [1.165, 1.54) is 0 Å². The summed E-state index contributed by atoms with van der Waals surface area (Å²) in [5, 5.41) is -0.924. The van der Waals surface area contributed by atoms with Gasteiger partial charge in [-0.15, -0.1) is 0 Å². The molecule has 0 aromatic rings. The molecule has 0 aliphatic carbocycles. The molecule has 1 unspecified atom stereocenters. The molecule has 0 amide bonds. The van der Waals surface area contributed by atoms with Crippen LogP contribution in [0, 0.1) is 0 Å². The van der Waals surface area contributed by atoms with Crippen LogP contribution < -0.4 is 0 Å². The minimum Gasteiger partial charge on any atom is -0.469 e. The van der Waals surface area contributed by atoms with Crippen LogP contribution >= 0.6 is 15.9 Å². The molecule has 7 nitrogen and oxygen atoms in total. The maximum atomic E-state index is 14.4. The molecule has 5 atom stereocenters. The molecule has 0 N–H and O–H groups in total. The summed E-state index contributed by atoms with van der Waals surface area (Å²) in [4.78, 5) is 33.4. The summed E-state index contributed by atoms with van der Waals surface area (Å²) in [6.45, 7) is 2.24. The fourth-order valence-corrected chi connectivity index (χ4v) is 2.59. The van der Waals surface area contributed by atoms with Gasteiger partial charge in [0, 0.05) is 13.8 Å². The van der Waals surface area contributed by atoms with Crippen molar-refractivity contribution in [3.05, 3.63) is 0 Å². The van der Waals surface area contributed by atoms with Crippen LogP contribution in [0.3, 0.4) is 0 Å². The first-order valence-electron chi connectivity index (χ1n) is 6.11. The van der Waals surface area contributed by atoms with Crippen LogP contribution in [0.2, 0.25) is 0 Å². The highest BCUT2D eigenvalue weighted by molar-refractivity contribution is 9.09. The Hall–Kier alpha value is -1.22. The topological polar surface area (TPSA) is 88.1 Å². The van der Waals surface area contributed by atoms with Crippen molar-refractivity contribution in [1.29, 1.82) is 0 Å². The average molecular weight is 371 g/mol. The monoisotopic (exact) mass is 370 g/mol. The molecule has 1 saturated heterocycles.